The molecule has 1 saturated heterocycles. The van der Waals surface area contributed by atoms with Crippen LogP contribution in [-0.2, 0) is 4.74 Å². The predicted molar refractivity (Wildman–Crippen MR) is 79.8 cm³/mol. The van der Waals surface area contributed by atoms with Crippen molar-refractivity contribution in [3.05, 3.63) is 34.2 Å². The summed E-state index contributed by atoms with van der Waals surface area (Å²) in [6, 6.07) is 3.10. The number of pyridine rings is 1. The van der Waals surface area contributed by atoms with Crippen LogP contribution in [0.2, 0.25) is 0 Å². The average Bonchev–Trinajstić information content (AvgIpc) is 2.55. The zero-order valence-electron chi connectivity index (χ0n) is 12.5. The summed E-state index contributed by atoms with van der Waals surface area (Å²) in [5, 5.41) is 2.73. The molecule has 0 bridgehead atoms. The Morgan fingerprint density at radius 2 is 2.05 bits per heavy atom. The van der Waals surface area contributed by atoms with Gasteiger partial charge in [0.25, 0.3) is 11.5 Å². The minimum Gasteiger partial charge on any atom is -0.453 e. The molecule has 1 aliphatic heterocycles. The molecular weight excluding hydrogens is 288 g/mol. The first-order chi connectivity index (χ1) is 10.6. The van der Waals surface area contributed by atoms with Crippen molar-refractivity contribution in [2.45, 2.75) is 0 Å². The molecule has 0 aliphatic carbocycles. The van der Waals surface area contributed by atoms with E-state index in [1.165, 1.54) is 19.4 Å². The molecule has 0 saturated carbocycles. The van der Waals surface area contributed by atoms with Gasteiger partial charge in [-0.3, -0.25) is 14.5 Å². The molecule has 22 heavy (non-hydrogen) atoms. The second kappa shape index (κ2) is 7.60. The van der Waals surface area contributed by atoms with Crippen molar-refractivity contribution >= 4 is 12.0 Å². The summed E-state index contributed by atoms with van der Waals surface area (Å²) in [7, 11) is 1.37. The van der Waals surface area contributed by atoms with Gasteiger partial charge in [-0.1, -0.05) is 0 Å². The topological polar surface area (TPSA) is 94.7 Å². The Balaban J connectivity index is 1.72. The Labute approximate surface area is 128 Å². The van der Waals surface area contributed by atoms with Gasteiger partial charge in [-0.05, 0) is 12.1 Å². The fraction of sp³-hybridized carbons (Fsp3) is 0.500. The zero-order valence-corrected chi connectivity index (χ0v) is 12.5. The number of amides is 2. The van der Waals surface area contributed by atoms with E-state index in [9.17, 15) is 14.4 Å². The van der Waals surface area contributed by atoms with E-state index in [0.29, 0.717) is 26.2 Å². The number of nitrogens with zero attached hydrogens (tertiary/aromatic N) is 2. The summed E-state index contributed by atoms with van der Waals surface area (Å²) in [6.45, 7) is 3.81. The van der Waals surface area contributed by atoms with Crippen LogP contribution in [0, 0.1) is 0 Å². The van der Waals surface area contributed by atoms with Crippen LogP contribution in [0.5, 0.6) is 0 Å². The van der Waals surface area contributed by atoms with Gasteiger partial charge in [0.2, 0.25) is 0 Å². The van der Waals surface area contributed by atoms with Gasteiger partial charge in [-0.25, -0.2) is 4.79 Å². The third-order valence-electron chi connectivity index (χ3n) is 3.58. The first kappa shape index (κ1) is 16.0. The highest BCUT2D eigenvalue weighted by molar-refractivity contribution is 5.93. The molecule has 2 rings (SSSR count). The minimum absolute atomic E-state index is 0.109. The monoisotopic (exact) mass is 308 g/mol. The van der Waals surface area contributed by atoms with E-state index in [-0.39, 0.29) is 17.6 Å². The number of hydrogen-bond acceptors (Lipinski definition) is 5. The molecule has 1 aliphatic rings. The number of aromatic nitrogens is 1. The number of H-pyrrole nitrogens is 1. The van der Waals surface area contributed by atoms with Crippen molar-refractivity contribution in [1.82, 2.24) is 20.1 Å². The smallest absolute Gasteiger partial charge is 0.409 e. The van der Waals surface area contributed by atoms with Crippen molar-refractivity contribution in [3.8, 4) is 0 Å². The van der Waals surface area contributed by atoms with Crippen LogP contribution in [0.1, 0.15) is 10.4 Å². The summed E-state index contributed by atoms with van der Waals surface area (Å²) in [5.74, 6) is -0.380. The van der Waals surface area contributed by atoms with Crippen molar-refractivity contribution in [3.63, 3.8) is 0 Å². The number of aromatic amines is 1. The van der Waals surface area contributed by atoms with E-state index in [2.05, 4.69) is 19.9 Å². The number of nitrogens with one attached hydrogen (secondary N) is 2. The largest absolute Gasteiger partial charge is 0.453 e. The number of ether oxygens (including phenoxy) is 1. The highest BCUT2D eigenvalue weighted by atomic mass is 16.5. The number of piperazine rings is 1. The molecule has 2 heterocycles. The summed E-state index contributed by atoms with van der Waals surface area (Å²) in [5.41, 5.74) is -0.287. The molecule has 0 spiro atoms. The molecule has 0 atom stereocenters. The maximum absolute atomic E-state index is 11.9. The maximum atomic E-state index is 11.9. The summed E-state index contributed by atoms with van der Waals surface area (Å²) in [6.07, 6.45) is 1.18. The molecule has 8 heteroatoms. The fourth-order valence-corrected chi connectivity index (χ4v) is 2.31. The highest BCUT2D eigenvalue weighted by Crippen LogP contribution is 2.02. The van der Waals surface area contributed by atoms with Gasteiger partial charge in [-0.15, -0.1) is 0 Å². The predicted octanol–water partition coefficient (Wildman–Crippen LogP) is -0.511. The van der Waals surface area contributed by atoms with Gasteiger partial charge in [0, 0.05) is 45.5 Å². The molecule has 0 aromatic carbocycles. The van der Waals surface area contributed by atoms with Crippen LogP contribution in [0.25, 0.3) is 0 Å². The standard InChI is InChI=1S/C14H20N4O4/c1-22-14(21)18-9-7-17(8-10-18)6-5-16-13(20)11-3-2-4-15-12(11)19/h2-4H,5-10H2,1H3,(H,15,19)(H,16,20). The van der Waals surface area contributed by atoms with E-state index < -0.39 is 5.56 Å². The lowest BCUT2D eigenvalue weighted by atomic mass is 10.2. The minimum atomic E-state index is -0.397. The average molecular weight is 308 g/mol. The molecule has 8 nitrogen and oxygen atoms in total. The zero-order chi connectivity index (χ0) is 15.9. The molecule has 1 fully saturated rings. The Kier molecular flexibility index (Phi) is 5.54. The SMILES string of the molecule is COC(=O)N1CCN(CCNC(=O)c2ccc[nH]c2=O)CC1. The number of carbonyl (C=O) groups is 2. The first-order valence-corrected chi connectivity index (χ1v) is 7.13. The van der Waals surface area contributed by atoms with Crippen LogP contribution in [-0.4, -0.2) is 73.2 Å². The van der Waals surface area contributed by atoms with Gasteiger partial charge in [0.05, 0.1) is 7.11 Å². The third-order valence-corrected chi connectivity index (χ3v) is 3.58. The van der Waals surface area contributed by atoms with Crippen LogP contribution in [0.15, 0.2) is 23.1 Å². The number of carbonyl (C=O) groups excluding carboxylic acids is 2. The maximum Gasteiger partial charge on any atom is 0.409 e. The van der Waals surface area contributed by atoms with Gasteiger partial charge < -0.3 is 19.9 Å². The molecule has 2 amide bonds. The normalized spacial score (nSPS) is 15.4. The van der Waals surface area contributed by atoms with Crippen LogP contribution < -0.4 is 10.9 Å². The van der Waals surface area contributed by atoms with E-state index in [0.717, 1.165) is 13.1 Å². The Bertz CT molecular complexity index is 578. The lowest BCUT2D eigenvalue weighted by molar-refractivity contribution is 0.0884. The molecular formula is C14H20N4O4. The van der Waals surface area contributed by atoms with E-state index in [4.69, 9.17) is 0 Å². The van der Waals surface area contributed by atoms with Crippen LogP contribution in [0.4, 0.5) is 4.79 Å². The van der Waals surface area contributed by atoms with E-state index in [1.54, 1.807) is 11.0 Å². The first-order valence-electron chi connectivity index (χ1n) is 7.13. The Hall–Kier alpha value is -2.35. The molecule has 2 N–H and O–H groups in total. The van der Waals surface area contributed by atoms with E-state index in [1.807, 2.05) is 0 Å². The van der Waals surface area contributed by atoms with Crippen LogP contribution >= 0.6 is 0 Å². The number of rotatable bonds is 4. The quantitative estimate of drug-likeness (QED) is 0.781. The molecule has 1 aromatic heterocycles. The van der Waals surface area contributed by atoms with Gasteiger partial charge in [0.15, 0.2) is 0 Å². The number of methoxy groups -OCH3 is 1. The molecule has 0 radical (unpaired) electrons. The van der Waals surface area contributed by atoms with Crippen molar-refractivity contribution in [2.75, 3.05) is 46.4 Å². The van der Waals surface area contributed by atoms with Crippen molar-refractivity contribution < 1.29 is 14.3 Å². The molecule has 1 aromatic rings. The lowest BCUT2D eigenvalue weighted by Gasteiger charge is -2.33. The van der Waals surface area contributed by atoms with Gasteiger partial charge in [-0.2, -0.15) is 0 Å². The van der Waals surface area contributed by atoms with Crippen molar-refractivity contribution in [1.29, 1.82) is 0 Å². The second-order valence-electron chi connectivity index (χ2n) is 4.97. The lowest BCUT2D eigenvalue weighted by Crippen LogP contribution is -2.50. The summed E-state index contributed by atoms with van der Waals surface area (Å²) in [4.78, 5) is 41.0. The van der Waals surface area contributed by atoms with Crippen molar-refractivity contribution in [2.24, 2.45) is 0 Å². The van der Waals surface area contributed by atoms with Crippen LogP contribution in [0.3, 0.4) is 0 Å². The van der Waals surface area contributed by atoms with E-state index >= 15 is 0 Å². The second-order valence-corrected chi connectivity index (χ2v) is 4.97. The van der Waals surface area contributed by atoms with Gasteiger partial charge >= 0.3 is 6.09 Å². The highest BCUT2D eigenvalue weighted by Gasteiger charge is 2.21. The number of hydrogen-bond donors (Lipinski definition) is 2. The Morgan fingerprint density at radius 3 is 2.68 bits per heavy atom. The fourth-order valence-electron chi connectivity index (χ4n) is 2.31. The molecule has 120 valence electrons. The summed E-state index contributed by atoms with van der Waals surface area (Å²) >= 11 is 0. The summed E-state index contributed by atoms with van der Waals surface area (Å²) < 4.78 is 4.68. The molecule has 0 unspecified atom stereocenters. The third kappa shape index (κ3) is 4.08. The Morgan fingerprint density at radius 1 is 1.32 bits per heavy atom. The van der Waals surface area contributed by atoms with Gasteiger partial charge in [0.1, 0.15) is 5.56 Å².